The molecule has 1 heterocycles. The summed E-state index contributed by atoms with van der Waals surface area (Å²) < 4.78 is 0. The summed E-state index contributed by atoms with van der Waals surface area (Å²) in [7, 11) is 0. The minimum absolute atomic E-state index is 0.454. The van der Waals surface area contributed by atoms with Crippen molar-refractivity contribution in [2.45, 2.75) is 0 Å². The fraction of sp³-hybridized carbons (Fsp3) is 0.333. The highest BCUT2D eigenvalue weighted by atomic mass is 35.5. The first-order valence-electron chi connectivity index (χ1n) is 1.54. The summed E-state index contributed by atoms with van der Waals surface area (Å²) in [4.78, 5) is 4.53. The molecule has 0 aromatic heterocycles. The van der Waals surface area contributed by atoms with Crippen molar-refractivity contribution in [2.24, 2.45) is 0 Å². The number of hydroxylamine groups is 1. The van der Waals surface area contributed by atoms with E-state index in [4.69, 9.17) is 11.6 Å². The van der Waals surface area contributed by atoms with Crippen molar-refractivity contribution in [3.8, 4) is 0 Å². The van der Waals surface area contributed by atoms with Crippen LogP contribution >= 0.6 is 11.6 Å². The van der Waals surface area contributed by atoms with Crippen LogP contribution in [0.1, 0.15) is 0 Å². The molecule has 1 radical (unpaired) electrons. The molecule has 0 saturated carbocycles. The summed E-state index contributed by atoms with van der Waals surface area (Å²) in [6, 6.07) is 0. The van der Waals surface area contributed by atoms with Crippen LogP contribution in [-0.4, -0.2) is 6.61 Å². The lowest BCUT2D eigenvalue weighted by Crippen LogP contribution is -2.00. The summed E-state index contributed by atoms with van der Waals surface area (Å²) in [5.74, 6) is 0. The molecular formula is C3H3ClNO. The van der Waals surface area contributed by atoms with Gasteiger partial charge in [0.15, 0.2) is 0 Å². The first-order valence-corrected chi connectivity index (χ1v) is 1.91. The first-order chi connectivity index (χ1) is 2.89. The van der Waals surface area contributed by atoms with Gasteiger partial charge in [-0.25, -0.2) is 0 Å². The third kappa shape index (κ3) is 0.640. The van der Waals surface area contributed by atoms with Crippen LogP contribution in [0, 0.1) is 6.08 Å². The second kappa shape index (κ2) is 1.49. The molecule has 0 aliphatic carbocycles. The van der Waals surface area contributed by atoms with Gasteiger partial charge in [-0.1, -0.05) is 11.6 Å². The van der Waals surface area contributed by atoms with Crippen molar-refractivity contribution < 1.29 is 4.84 Å². The van der Waals surface area contributed by atoms with Crippen molar-refractivity contribution in [2.75, 3.05) is 6.61 Å². The number of hydrogen-bond acceptors (Lipinski definition) is 2. The molecule has 1 aliphatic rings. The Morgan fingerprint density at radius 1 is 2.00 bits per heavy atom. The lowest BCUT2D eigenvalue weighted by atomic mass is 10.7. The summed E-state index contributed by atoms with van der Waals surface area (Å²) in [5, 5.41) is 0.454. The molecule has 0 amide bonds. The minimum Gasteiger partial charge on any atom is -0.270 e. The molecule has 6 heavy (non-hydrogen) atoms. The van der Waals surface area contributed by atoms with Crippen molar-refractivity contribution in [1.82, 2.24) is 5.48 Å². The fourth-order valence-electron chi connectivity index (χ4n) is 0.235. The van der Waals surface area contributed by atoms with Crippen molar-refractivity contribution in [3.63, 3.8) is 0 Å². The monoisotopic (exact) mass is 104 g/mol. The molecule has 0 aromatic carbocycles. The van der Waals surface area contributed by atoms with Crippen LogP contribution in [0.25, 0.3) is 0 Å². The molecule has 1 rings (SSSR count). The molecule has 0 bridgehead atoms. The van der Waals surface area contributed by atoms with Gasteiger partial charge in [-0.05, 0) is 0 Å². The van der Waals surface area contributed by atoms with E-state index >= 15 is 0 Å². The van der Waals surface area contributed by atoms with Crippen molar-refractivity contribution in [1.29, 1.82) is 0 Å². The van der Waals surface area contributed by atoms with Gasteiger partial charge in [0.2, 0.25) is 0 Å². The zero-order valence-electron chi connectivity index (χ0n) is 2.99. The number of halogens is 1. The van der Waals surface area contributed by atoms with Crippen molar-refractivity contribution >= 4 is 11.6 Å². The molecule has 0 atom stereocenters. The maximum absolute atomic E-state index is 5.28. The third-order valence-corrected chi connectivity index (χ3v) is 0.672. The lowest BCUT2D eigenvalue weighted by molar-refractivity contribution is 0.111. The molecule has 0 fully saturated rings. The van der Waals surface area contributed by atoms with Gasteiger partial charge in [-0.2, -0.15) is 0 Å². The van der Waals surface area contributed by atoms with Gasteiger partial charge in [0, 0.05) is 6.08 Å². The van der Waals surface area contributed by atoms with Crippen LogP contribution in [0.3, 0.4) is 0 Å². The molecule has 33 valence electrons. The highest BCUT2D eigenvalue weighted by molar-refractivity contribution is 6.28. The van der Waals surface area contributed by atoms with Crippen LogP contribution in [0.4, 0.5) is 0 Å². The minimum atomic E-state index is 0.454. The molecule has 2 nitrogen and oxygen atoms in total. The Morgan fingerprint density at radius 3 is 3.00 bits per heavy atom. The van der Waals surface area contributed by atoms with Gasteiger partial charge in [-0.3, -0.25) is 10.3 Å². The molecule has 0 unspecified atom stereocenters. The average Bonchev–Trinajstić information content (AvgIpc) is 1.86. The first kappa shape index (κ1) is 3.96. The summed E-state index contributed by atoms with van der Waals surface area (Å²) in [6.45, 7) is 0.457. The third-order valence-electron chi connectivity index (χ3n) is 0.461. The molecule has 0 spiro atoms. The van der Waals surface area contributed by atoms with Gasteiger partial charge in [0.05, 0.1) is 0 Å². The molecular weight excluding hydrogens is 101 g/mol. The normalized spacial score (nSPS) is 19.8. The van der Waals surface area contributed by atoms with E-state index < -0.39 is 0 Å². The van der Waals surface area contributed by atoms with E-state index in [1.54, 1.807) is 0 Å². The number of hydrogen-bond donors (Lipinski definition) is 1. The number of nitrogens with one attached hydrogen (secondary N) is 1. The zero-order chi connectivity index (χ0) is 4.41. The molecule has 1 aliphatic heterocycles. The Balaban J connectivity index is 2.45. The van der Waals surface area contributed by atoms with E-state index in [1.165, 1.54) is 0 Å². The maximum atomic E-state index is 5.28. The maximum Gasteiger partial charge on any atom is 0.132 e. The number of rotatable bonds is 0. The van der Waals surface area contributed by atoms with E-state index in [9.17, 15) is 0 Å². The second-order valence-corrected chi connectivity index (χ2v) is 1.26. The van der Waals surface area contributed by atoms with Crippen LogP contribution < -0.4 is 5.48 Å². The Hall–Kier alpha value is -0.210. The summed E-state index contributed by atoms with van der Waals surface area (Å²) in [6.07, 6.45) is 2.67. The average molecular weight is 105 g/mol. The Kier molecular flexibility index (Phi) is 0.986. The predicted octanol–water partition coefficient (Wildman–Crippen LogP) is 0.405. The summed E-state index contributed by atoms with van der Waals surface area (Å²) in [5.41, 5.74) is 2.39. The van der Waals surface area contributed by atoms with E-state index in [0.717, 1.165) is 0 Å². The van der Waals surface area contributed by atoms with Gasteiger partial charge in [0.25, 0.3) is 0 Å². The smallest absolute Gasteiger partial charge is 0.132 e. The highest BCUT2D eigenvalue weighted by Gasteiger charge is 1.96. The largest absolute Gasteiger partial charge is 0.270 e. The van der Waals surface area contributed by atoms with E-state index in [2.05, 4.69) is 16.4 Å². The van der Waals surface area contributed by atoms with Gasteiger partial charge in [-0.15, -0.1) is 0 Å². The van der Waals surface area contributed by atoms with E-state index in [1.807, 2.05) is 0 Å². The SMILES string of the molecule is ClC1=[C]CON1. The molecule has 0 saturated heterocycles. The Bertz CT molecular complexity index is 80.9. The fourth-order valence-corrected chi connectivity index (χ4v) is 0.344. The van der Waals surface area contributed by atoms with E-state index in [-0.39, 0.29) is 0 Å². The van der Waals surface area contributed by atoms with Gasteiger partial charge in [0.1, 0.15) is 11.8 Å². The van der Waals surface area contributed by atoms with E-state index in [0.29, 0.717) is 11.8 Å². The topological polar surface area (TPSA) is 21.3 Å². The zero-order valence-corrected chi connectivity index (χ0v) is 3.75. The lowest BCUT2D eigenvalue weighted by Gasteiger charge is -1.87. The highest BCUT2D eigenvalue weighted by Crippen LogP contribution is 1.98. The van der Waals surface area contributed by atoms with Gasteiger partial charge >= 0.3 is 0 Å². The Labute approximate surface area is 40.7 Å². The van der Waals surface area contributed by atoms with Crippen LogP contribution in [0.2, 0.25) is 0 Å². The molecule has 3 heteroatoms. The standard InChI is InChI=1S/C3H3ClNO/c4-3-1-2-6-5-3/h5H,2H2. The van der Waals surface area contributed by atoms with Crippen LogP contribution in [-0.2, 0) is 4.84 Å². The van der Waals surface area contributed by atoms with Crippen molar-refractivity contribution in [3.05, 3.63) is 11.2 Å². The van der Waals surface area contributed by atoms with Crippen LogP contribution in [0.5, 0.6) is 0 Å². The van der Waals surface area contributed by atoms with Crippen LogP contribution in [0.15, 0.2) is 5.16 Å². The second-order valence-electron chi connectivity index (χ2n) is 0.881. The molecule has 0 aromatic rings. The van der Waals surface area contributed by atoms with Gasteiger partial charge < -0.3 is 0 Å². The summed E-state index contributed by atoms with van der Waals surface area (Å²) >= 11 is 5.28. The predicted molar refractivity (Wildman–Crippen MR) is 21.7 cm³/mol. The molecule has 1 N–H and O–H groups in total. The quantitative estimate of drug-likeness (QED) is 0.450. The Morgan fingerprint density at radius 2 is 2.83 bits per heavy atom.